The molecule has 1 aromatic heterocycles. The van der Waals surface area contributed by atoms with Gasteiger partial charge in [-0.25, -0.2) is 4.68 Å². The van der Waals surface area contributed by atoms with Gasteiger partial charge in [-0.15, -0.1) is 0 Å². The van der Waals surface area contributed by atoms with Crippen molar-refractivity contribution in [1.82, 2.24) is 15.1 Å². The van der Waals surface area contributed by atoms with Gasteiger partial charge in [0.2, 0.25) is 0 Å². The van der Waals surface area contributed by atoms with E-state index in [0.717, 1.165) is 12.8 Å². The molecular formula is C13H12N4O3. The molecule has 1 fully saturated rings. The molecule has 1 amide bonds. The third kappa shape index (κ3) is 2.37. The summed E-state index contributed by atoms with van der Waals surface area (Å²) in [6.45, 7) is 0. The Hall–Kier alpha value is -2.70. The molecule has 7 nitrogen and oxygen atoms in total. The van der Waals surface area contributed by atoms with Gasteiger partial charge in [-0.2, -0.15) is 5.10 Å². The predicted octanol–water partition coefficient (Wildman–Crippen LogP) is 1.67. The van der Waals surface area contributed by atoms with Gasteiger partial charge in [0.25, 0.3) is 11.6 Å². The van der Waals surface area contributed by atoms with Gasteiger partial charge >= 0.3 is 0 Å². The number of nitro groups is 1. The third-order valence-corrected chi connectivity index (χ3v) is 3.06. The highest BCUT2D eigenvalue weighted by molar-refractivity contribution is 5.92. The number of rotatable bonds is 4. The number of carbonyl (C=O) groups is 1. The highest BCUT2D eigenvalue weighted by Gasteiger charge is 2.25. The van der Waals surface area contributed by atoms with Gasteiger partial charge in [0, 0.05) is 18.3 Å². The SMILES string of the molecule is O=C(NC1CC1)c1ccn(-c2ccccc2[N+](=O)[O-])n1. The van der Waals surface area contributed by atoms with Crippen LogP contribution in [-0.4, -0.2) is 26.7 Å². The minimum absolute atomic E-state index is 0.0512. The summed E-state index contributed by atoms with van der Waals surface area (Å²) in [4.78, 5) is 22.3. The van der Waals surface area contributed by atoms with Gasteiger partial charge < -0.3 is 5.32 Å². The molecule has 2 aromatic rings. The van der Waals surface area contributed by atoms with Gasteiger partial charge in [-0.1, -0.05) is 12.1 Å². The van der Waals surface area contributed by atoms with E-state index in [1.165, 1.54) is 10.7 Å². The highest BCUT2D eigenvalue weighted by atomic mass is 16.6. The summed E-state index contributed by atoms with van der Waals surface area (Å²) in [6, 6.07) is 8.07. The minimum atomic E-state index is -0.471. The van der Waals surface area contributed by atoms with E-state index in [4.69, 9.17) is 0 Å². The van der Waals surface area contributed by atoms with Crippen LogP contribution in [0.15, 0.2) is 36.5 Å². The zero-order valence-corrected chi connectivity index (χ0v) is 10.5. The molecule has 102 valence electrons. The zero-order valence-electron chi connectivity index (χ0n) is 10.5. The van der Waals surface area contributed by atoms with Gasteiger partial charge in [0.15, 0.2) is 5.69 Å². The summed E-state index contributed by atoms with van der Waals surface area (Å²) in [5.41, 5.74) is 0.544. The quantitative estimate of drug-likeness (QED) is 0.677. The van der Waals surface area contributed by atoms with Crippen LogP contribution in [-0.2, 0) is 0 Å². The normalized spacial score (nSPS) is 14.0. The Morgan fingerprint density at radius 1 is 1.35 bits per heavy atom. The first kappa shape index (κ1) is 12.3. The molecule has 0 radical (unpaired) electrons. The molecule has 0 atom stereocenters. The van der Waals surface area contributed by atoms with E-state index in [2.05, 4.69) is 10.4 Å². The van der Waals surface area contributed by atoms with Crippen LogP contribution in [0.25, 0.3) is 5.69 Å². The number of hydrogen-bond acceptors (Lipinski definition) is 4. The Labute approximate surface area is 114 Å². The summed E-state index contributed by atoms with van der Waals surface area (Å²) in [7, 11) is 0. The number of hydrogen-bond donors (Lipinski definition) is 1. The Morgan fingerprint density at radius 3 is 2.80 bits per heavy atom. The lowest BCUT2D eigenvalue weighted by Gasteiger charge is -2.02. The maximum absolute atomic E-state index is 11.8. The first-order valence-electron chi connectivity index (χ1n) is 6.25. The molecular weight excluding hydrogens is 260 g/mol. The average molecular weight is 272 g/mol. The summed E-state index contributed by atoms with van der Waals surface area (Å²) >= 11 is 0. The lowest BCUT2D eigenvalue weighted by atomic mass is 10.3. The third-order valence-electron chi connectivity index (χ3n) is 3.06. The van der Waals surface area contributed by atoms with Crippen LogP contribution in [0, 0.1) is 10.1 Å². The van der Waals surface area contributed by atoms with E-state index in [1.54, 1.807) is 30.5 Å². The second-order valence-electron chi connectivity index (χ2n) is 4.64. The van der Waals surface area contributed by atoms with Crippen molar-refractivity contribution in [3.05, 3.63) is 52.3 Å². The van der Waals surface area contributed by atoms with Gasteiger partial charge in [-0.3, -0.25) is 14.9 Å². The van der Waals surface area contributed by atoms with Crippen molar-refractivity contribution in [3.63, 3.8) is 0 Å². The lowest BCUT2D eigenvalue weighted by molar-refractivity contribution is -0.384. The Balaban J connectivity index is 1.89. The van der Waals surface area contributed by atoms with E-state index >= 15 is 0 Å². The molecule has 1 heterocycles. The molecule has 7 heteroatoms. The Bertz CT molecular complexity index is 676. The maximum Gasteiger partial charge on any atom is 0.294 e. The van der Waals surface area contributed by atoms with Crippen LogP contribution >= 0.6 is 0 Å². The zero-order chi connectivity index (χ0) is 14.1. The van der Waals surface area contributed by atoms with Crippen LogP contribution in [0.1, 0.15) is 23.3 Å². The second-order valence-corrected chi connectivity index (χ2v) is 4.64. The van der Waals surface area contributed by atoms with E-state index in [-0.39, 0.29) is 23.3 Å². The number of nitro benzene ring substituents is 1. The lowest BCUT2D eigenvalue weighted by Crippen LogP contribution is -2.25. The molecule has 0 saturated heterocycles. The molecule has 1 saturated carbocycles. The molecule has 1 aromatic carbocycles. The smallest absolute Gasteiger partial charge is 0.294 e. The van der Waals surface area contributed by atoms with Crippen molar-refractivity contribution in [2.75, 3.05) is 0 Å². The highest BCUT2D eigenvalue weighted by Crippen LogP contribution is 2.22. The fraction of sp³-hybridized carbons (Fsp3) is 0.231. The van der Waals surface area contributed by atoms with Crippen molar-refractivity contribution in [2.24, 2.45) is 0 Å². The van der Waals surface area contributed by atoms with Crippen molar-refractivity contribution >= 4 is 11.6 Å². The summed E-state index contributed by atoms with van der Waals surface area (Å²) in [5.74, 6) is -0.246. The number of benzene rings is 1. The van der Waals surface area contributed by atoms with Gasteiger partial charge in [0.1, 0.15) is 5.69 Å². The first-order valence-corrected chi connectivity index (χ1v) is 6.25. The van der Waals surface area contributed by atoms with Crippen LogP contribution in [0.4, 0.5) is 5.69 Å². The molecule has 1 N–H and O–H groups in total. The largest absolute Gasteiger partial charge is 0.348 e. The molecule has 0 bridgehead atoms. The van der Waals surface area contributed by atoms with E-state index < -0.39 is 4.92 Å². The van der Waals surface area contributed by atoms with Crippen molar-refractivity contribution in [2.45, 2.75) is 18.9 Å². The molecule has 3 rings (SSSR count). The molecule has 20 heavy (non-hydrogen) atoms. The van der Waals surface area contributed by atoms with E-state index in [0.29, 0.717) is 5.69 Å². The van der Waals surface area contributed by atoms with Crippen LogP contribution < -0.4 is 5.32 Å². The topological polar surface area (TPSA) is 90.1 Å². The monoisotopic (exact) mass is 272 g/mol. The number of para-hydroxylation sites is 2. The Kier molecular flexibility index (Phi) is 2.94. The summed E-state index contributed by atoms with van der Waals surface area (Å²) in [5, 5.41) is 17.9. The van der Waals surface area contributed by atoms with Crippen LogP contribution in [0.5, 0.6) is 0 Å². The number of aromatic nitrogens is 2. The molecule has 1 aliphatic rings. The average Bonchev–Trinajstić information content (AvgIpc) is 3.11. The van der Waals surface area contributed by atoms with Crippen molar-refractivity contribution in [1.29, 1.82) is 0 Å². The summed E-state index contributed by atoms with van der Waals surface area (Å²) < 4.78 is 1.35. The van der Waals surface area contributed by atoms with Crippen molar-refractivity contribution < 1.29 is 9.72 Å². The number of nitrogens with one attached hydrogen (secondary N) is 1. The van der Waals surface area contributed by atoms with Crippen LogP contribution in [0.3, 0.4) is 0 Å². The molecule has 0 unspecified atom stereocenters. The molecule has 1 aliphatic carbocycles. The van der Waals surface area contributed by atoms with E-state index in [9.17, 15) is 14.9 Å². The first-order chi connectivity index (χ1) is 9.65. The maximum atomic E-state index is 11.8. The van der Waals surface area contributed by atoms with E-state index in [1.807, 2.05) is 0 Å². The molecule has 0 aliphatic heterocycles. The Morgan fingerprint density at radius 2 is 2.10 bits per heavy atom. The predicted molar refractivity (Wildman–Crippen MR) is 70.7 cm³/mol. The standard InChI is InChI=1S/C13H12N4O3/c18-13(14-9-5-6-9)10-7-8-16(15-10)11-3-1-2-4-12(11)17(19)20/h1-4,7-9H,5-6H2,(H,14,18). The van der Waals surface area contributed by atoms with Crippen molar-refractivity contribution in [3.8, 4) is 5.69 Å². The second kappa shape index (κ2) is 4.76. The minimum Gasteiger partial charge on any atom is -0.348 e. The van der Waals surface area contributed by atoms with Gasteiger partial charge in [0.05, 0.1) is 4.92 Å². The summed E-state index contributed by atoms with van der Waals surface area (Å²) in [6.07, 6.45) is 3.54. The number of nitrogens with zero attached hydrogens (tertiary/aromatic N) is 3. The molecule has 0 spiro atoms. The fourth-order valence-corrected chi connectivity index (χ4v) is 1.88. The van der Waals surface area contributed by atoms with Crippen LogP contribution in [0.2, 0.25) is 0 Å². The number of amides is 1. The van der Waals surface area contributed by atoms with Gasteiger partial charge in [-0.05, 0) is 25.0 Å². The fourth-order valence-electron chi connectivity index (χ4n) is 1.88. The number of carbonyl (C=O) groups excluding carboxylic acids is 1.